The summed E-state index contributed by atoms with van der Waals surface area (Å²) in [7, 11) is 1.87. The summed E-state index contributed by atoms with van der Waals surface area (Å²) in [5.74, 6) is 3.77. The van der Waals surface area contributed by atoms with Crippen molar-refractivity contribution in [3.8, 4) is 18.1 Å². The van der Waals surface area contributed by atoms with Crippen LogP contribution in [-0.2, 0) is 4.79 Å². The molecule has 24 heavy (non-hydrogen) atoms. The molecule has 1 aromatic carbocycles. The van der Waals surface area contributed by atoms with Gasteiger partial charge in [0.2, 0.25) is 5.91 Å². The predicted molar refractivity (Wildman–Crippen MR) is 97.0 cm³/mol. The first-order valence-corrected chi connectivity index (χ1v) is 8.74. The Balaban J connectivity index is 1.77. The van der Waals surface area contributed by atoms with E-state index in [1.807, 2.05) is 43.1 Å². The molecule has 1 unspecified atom stereocenters. The Morgan fingerprint density at radius 1 is 1.42 bits per heavy atom. The van der Waals surface area contributed by atoms with Crippen LogP contribution in [0.3, 0.4) is 0 Å². The van der Waals surface area contributed by atoms with Crippen LogP contribution in [-0.4, -0.2) is 55.0 Å². The van der Waals surface area contributed by atoms with Gasteiger partial charge in [-0.2, -0.15) is 0 Å². The van der Waals surface area contributed by atoms with Crippen LogP contribution in [0.2, 0.25) is 0 Å². The summed E-state index contributed by atoms with van der Waals surface area (Å²) < 4.78 is 5.80. The number of carbonyl (C=O) groups is 1. The number of likely N-dealkylation sites (N-methyl/N-ethyl adjacent to an activating group) is 1. The number of aryl methyl sites for hydroxylation is 1. The Hall–Kier alpha value is -1.99. The third-order valence-electron chi connectivity index (χ3n) is 4.56. The average molecular weight is 328 g/mol. The standard InChI is InChI=1S/C20H28N2O2/c1-4-13-22-15-8-7-11-18(22)20(23)21(3)14-9-16-24-19-12-6-5-10-17(19)2/h1,5-6,10,12,18H,7-9,11,13-16H2,2-3H3. The second-order valence-corrected chi connectivity index (χ2v) is 6.41. The van der Waals surface area contributed by atoms with Gasteiger partial charge in [-0.25, -0.2) is 0 Å². The fraction of sp³-hybridized carbons (Fsp3) is 0.550. The predicted octanol–water partition coefficient (Wildman–Crippen LogP) is 2.71. The van der Waals surface area contributed by atoms with E-state index < -0.39 is 0 Å². The molecule has 0 N–H and O–H groups in total. The van der Waals surface area contributed by atoms with Gasteiger partial charge < -0.3 is 9.64 Å². The summed E-state index contributed by atoms with van der Waals surface area (Å²) in [6, 6.07) is 7.93. The fourth-order valence-electron chi connectivity index (χ4n) is 3.14. The molecule has 1 fully saturated rings. The molecule has 0 radical (unpaired) electrons. The third kappa shape index (κ3) is 5.01. The van der Waals surface area contributed by atoms with Crippen LogP contribution in [0.25, 0.3) is 0 Å². The molecule has 4 heteroatoms. The number of terminal acetylenes is 1. The van der Waals surface area contributed by atoms with Crippen LogP contribution < -0.4 is 4.74 Å². The van der Waals surface area contributed by atoms with E-state index in [4.69, 9.17) is 11.2 Å². The quantitative estimate of drug-likeness (QED) is 0.570. The molecule has 1 aromatic rings. The van der Waals surface area contributed by atoms with Crippen molar-refractivity contribution in [2.24, 2.45) is 0 Å². The van der Waals surface area contributed by atoms with Gasteiger partial charge in [0.05, 0.1) is 19.2 Å². The molecule has 1 saturated heterocycles. The highest BCUT2D eigenvalue weighted by atomic mass is 16.5. The van der Waals surface area contributed by atoms with Gasteiger partial charge in [-0.15, -0.1) is 6.42 Å². The highest BCUT2D eigenvalue weighted by molar-refractivity contribution is 5.81. The number of hydrogen-bond donors (Lipinski definition) is 0. The zero-order chi connectivity index (χ0) is 17.4. The largest absolute Gasteiger partial charge is 0.493 e. The van der Waals surface area contributed by atoms with Crippen molar-refractivity contribution in [1.82, 2.24) is 9.80 Å². The number of ether oxygens (including phenoxy) is 1. The summed E-state index contributed by atoms with van der Waals surface area (Å²) in [5, 5.41) is 0. The molecule has 1 aliphatic rings. The smallest absolute Gasteiger partial charge is 0.239 e. The maximum Gasteiger partial charge on any atom is 0.239 e. The molecule has 1 amide bonds. The van der Waals surface area contributed by atoms with Crippen LogP contribution in [0.4, 0.5) is 0 Å². The zero-order valence-electron chi connectivity index (χ0n) is 14.8. The topological polar surface area (TPSA) is 32.8 Å². The van der Waals surface area contributed by atoms with E-state index in [9.17, 15) is 4.79 Å². The summed E-state index contributed by atoms with van der Waals surface area (Å²) in [5.41, 5.74) is 1.13. The van der Waals surface area contributed by atoms with Crippen molar-refractivity contribution < 1.29 is 9.53 Å². The Labute approximate surface area is 145 Å². The minimum atomic E-state index is -0.0583. The van der Waals surface area contributed by atoms with Crippen molar-refractivity contribution in [3.05, 3.63) is 29.8 Å². The normalized spacial score (nSPS) is 18.0. The summed E-state index contributed by atoms with van der Waals surface area (Å²) in [4.78, 5) is 16.6. The van der Waals surface area contributed by atoms with Gasteiger partial charge in [0.25, 0.3) is 0 Å². The van der Waals surface area contributed by atoms with E-state index in [0.717, 1.165) is 43.5 Å². The Kier molecular flexibility index (Phi) is 7.14. The van der Waals surface area contributed by atoms with Gasteiger partial charge >= 0.3 is 0 Å². The lowest BCUT2D eigenvalue weighted by molar-refractivity contribution is -0.136. The molecular weight excluding hydrogens is 300 g/mol. The molecule has 0 aromatic heterocycles. The van der Waals surface area contributed by atoms with Gasteiger partial charge in [-0.05, 0) is 44.4 Å². The number of benzene rings is 1. The lowest BCUT2D eigenvalue weighted by Gasteiger charge is -2.35. The van der Waals surface area contributed by atoms with Gasteiger partial charge in [-0.3, -0.25) is 9.69 Å². The maximum absolute atomic E-state index is 12.7. The second kappa shape index (κ2) is 9.34. The molecule has 1 aliphatic heterocycles. The zero-order valence-corrected chi connectivity index (χ0v) is 14.8. The molecule has 4 nitrogen and oxygen atoms in total. The molecule has 0 saturated carbocycles. The van der Waals surface area contributed by atoms with Crippen LogP contribution in [0.15, 0.2) is 24.3 Å². The number of likely N-dealkylation sites (tertiary alicyclic amines) is 1. The van der Waals surface area contributed by atoms with Crippen molar-refractivity contribution in [3.63, 3.8) is 0 Å². The second-order valence-electron chi connectivity index (χ2n) is 6.41. The Morgan fingerprint density at radius 3 is 2.96 bits per heavy atom. The summed E-state index contributed by atoms with van der Waals surface area (Å²) in [6.07, 6.45) is 9.38. The van der Waals surface area contributed by atoms with Crippen LogP contribution in [0, 0.1) is 19.3 Å². The molecule has 2 rings (SSSR count). The molecule has 130 valence electrons. The Bertz CT molecular complexity index is 579. The molecule has 1 heterocycles. The van der Waals surface area contributed by atoms with Gasteiger partial charge in [0, 0.05) is 13.6 Å². The number of amides is 1. The minimum Gasteiger partial charge on any atom is -0.493 e. The van der Waals surface area contributed by atoms with E-state index in [1.165, 1.54) is 0 Å². The van der Waals surface area contributed by atoms with E-state index in [-0.39, 0.29) is 11.9 Å². The fourth-order valence-corrected chi connectivity index (χ4v) is 3.14. The number of hydrogen-bond acceptors (Lipinski definition) is 3. The average Bonchev–Trinajstić information content (AvgIpc) is 2.60. The summed E-state index contributed by atoms with van der Waals surface area (Å²) >= 11 is 0. The van der Waals surface area contributed by atoms with Crippen molar-refractivity contribution in [2.75, 3.05) is 33.3 Å². The van der Waals surface area contributed by atoms with Crippen molar-refractivity contribution in [1.29, 1.82) is 0 Å². The molecule has 1 atom stereocenters. The molecular formula is C20H28N2O2. The van der Waals surface area contributed by atoms with E-state index in [1.54, 1.807) is 0 Å². The highest BCUT2D eigenvalue weighted by Crippen LogP contribution is 2.19. The Morgan fingerprint density at radius 2 is 2.21 bits per heavy atom. The number of para-hydroxylation sites is 1. The molecule has 0 bridgehead atoms. The molecule has 0 spiro atoms. The van der Waals surface area contributed by atoms with E-state index in [2.05, 4.69) is 10.8 Å². The monoisotopic (exact) mass is 328 g/mol. The van der Waals surface area contributed by atoms with Crippen LogP contribution in [0.5, 0.6) is 5.75 Å². The third-order valence-corrected chi connectivity index (χ3v) is 4.56. The van der Waals surface area contributed by atoms with E-state index >= 15 is 0 Å². The van der Waals surface area contributed by atoms with Crippen molar-refractivity contribution in [2.45, 2.75) is 38.6 Å². The number of piperidine rings is 1. The summed E-state index contributed by atoms with van der Waals surface area (Å²) in [6.45, 7) is 4.83. The van der Waals surface area contributed by atoms with Crippen LogP contribution >= 0.6 is 0 Å². The lowest BCUT2D eigenvalue weighted by atomic mass is 10.0. The van der Waals surface area contributed by atoms with Crippen molar-refractivity contribution >= 4 is 5.91 Å². The van der Waals surface area contributed by atoms with Crippen LogP contribution in [0.1, 0.15) is 31.2 Å². The number of rotatable bonds is 7. The number of carbonyl (C=O) groups excluding carboxylic acids is 1. The van der Waals surface area contributed by atoms with Gasteiger partial charge in [0.1, 0.15) is 5.75 Å². The van der Waals surface area contributed by atoms with Gasteiger partial charge in [-0.1, -0.05) is 30.5 Å². The first kappa shape index (κ1) is 18.4. The SMILES string of the molecule is C#CCN1CCCCC1C(=O)N(C)CCCOc1ccccc1C. The highest BCUT2D eigenvalue weighted by Gasteiger charge is 2.29. The minimum absolute atomic E-state index is 0.0583. The first-order chi connectivity index (χ1) is 11.6. The lowest BCUT2D eigenvalue weighted by Crippen LogP contribution is -2.50. The van der Waals surface area contributed by atoms with E-state index in [0.29, 0.717) is 19.7 Å². The first-order valence-electron chi connectivity index (χ1n) is 8.74. The maximum atomic E-state index is 12.7. The van der Waals surface area contributed by atoms with Gasteiger partial charge in [0.15, 0.2) is 0 Å². The molecule has 0 aliphatic carbocycles. The number of nitrogens with zero attached hydrogens (tertiary/aromatic N) is 2.